The third-order valence-corrected chi connectivity index (χ3v) is 11.6. The zero-order valence-corrected chi connectivity index (χ0v) is 30.5. The van der Waals surface area contributed by atoms with Crippen molar-refractivity contribution in [3.05, 3.63) is 245 Å². The molecule has 0 amide bonds. The van der Waals surface area contributed by atoms with Gasteiger partial charge in [0.2, 0.25) is 0 Å². The molecule has 1 N–H and O–H groups in total. The molecule has 3 heterocycles. The Kier molecular flexibility index (Phi) is 7.42. The number of nitrogens with one attached hydrogen (secondary N) is 1. The fourth-order valence-corrected chi connectivity index (χ4v) is 9.10. The molecule has 4 heteroatoms. The van der Waals surface area contributed by atoms with Gasteiger partial charge in [0, 0.05) is 28.7 Å². The van der Waals surface area contributed by atoms with E-state index in [-0.39, 0.29) is 6.04 Å². The SMILES string of the molecule is C1=C(c2ccccc2)NC(c2ccccc2)=NC1c1ccc(-c2ccc3c(c2)C2(c4ccccc4N(c4ccccc4)c4ccccc42)c2cccnc2-3)cc1. The summed E-state index contributed by atoms with van der Waals surface area (Å²) in [4.78, 5) is 12.7. The molecule has 1 aromatic heterocycles. The highest BCUT2D eigenvalue weighted by atomic mass is 15.2. The second-order valence-corrected chi connectivity index (χ2v) is 14.6. The van der Waals surface area contributed by atoms with Gasteiger partial charge in [-0.05, 0) is 87.0 Å². The van der Waals surface area contributed by atoms with E-state index in [1.165, 1.54) is 44.8 Å². The molecule has 0 bridgehead atoms. The maximum atomic E-state index is 5.22. The van der Waals surface area contributed by atoms with Gasteiger partial charge in [0.25, 0.3) is 0 Å². The molecule has 1 spiro atoms. The van der Waals surface area contributed by atoms with Crippen LogP contribution in [0.5, 0.6) is 0 Å². The first-order chi connectivity index (χ1) is 27.8. The van der Waals surface area contributed by atoms with Crippen LogP contribution in [0.1, 0.15) is 45.0 Å². The summed E-state index contributed by atoms with van der Waals surface area (Å²) < 4.78 is 0. The van der Waals surface area contributed by atoms with Gasteiger partial charge in [-0.3, -0.25) is 9.98 Å². The molecule has 1 atom stereocenters. The lowest BCUT2D eigenvalue weighted by molar-refractivity contribution is 0.751. The second-order valence-electron chi connectivity index (χ2n) is 14.6. The van der Waals surface area contributed by atoms with Crippen molar-refractivity contribution in [1.29, 1.82) is 0 Å². The van der Waals surface area contributed by atoms with Gasteiger partial charge in [-0.25, -0.2) is 0 Å². The Labute approximate surface area is 326 Å². The summed E-state index contributed by atoms with van der Waals surface area (Å²) in [7, 11) is 0. The van der Waals surface area contributed by atoms with Crippen LogP contribution < -0.4 is 10.2 Å². The second kappa shape index (κ2) is 12.9. The number of benzene rings is 7. The number of anilines is 3. The molecule has 264 valence electrons. The van der Waals surface area contributed by atoms with Gasteiger partial charge in [-0.1, -0.05) is 158 Å². The first kappa shape index (κ1) is 32.2. The number of fused-ring (bicyclic) bond motifs is 9. The van der Waals surface area contributed by atoms with Crippen LogP contribution in [-0.2, 0) is 5.41 Å². The Morgan fingerprint density at radius 1 is 0.482 bits per heavy atom. The van der Waals surface area contributed by atoms with E-state index in [1.54, 1.807) is 0 Å². The molecular weight excluding hydrogens is 681 g/mol. The van der Waals surface area contributed by atoms with Crippen LogP contribution in [0.25, 0.3) is 28.1 Å². The Balaban J connectivity index is 1.05. The standard InChI is InChI=1S/C52H36N4/c1-4-15-36(16-5-1)46-34-47(55-51(54-46)38-17-6-2-7-18-38)37-28-26-35(27-29-37)39-30-31-41-45(33-39)52(44-23-14-32-53-50(41)44)42-21-10-12-24-48(42)56(40-19-8-3-9-20-40)49-25-13-11-22-43(49)52/h1-34,47H,(H,54,55). The van der Waals surface area contributed by atoms with Crippen molar-refractivity contribution >= 4 is 28.6 Å². The number of hydrogen-bond acceptors (Lipinski definition) is 4. The molecule has 8 aromatic rings. The van der Waals surface area contributed by atoms with Gasteiger partial charge in [0.15, 0.2) is 0 Å². The quantitative estimate of drug-likeness (QED) is 0.193. The zero-order chi connectivity index (χ0) is 37.1. The molecule has 3 aliphatic rings. The topological polar surface area (TPSA) is 40.5 Å². The predicted molar refractivity (Wildman–Crippen MR) is 228 cm³/mol. The molecule has 1 unspecified atom stereocenters. The lowest BCUT2D eigenvalue weighted by Crippen LogP contribution is -2.36. The first-order valence-corrected chi connectivity index (χ1v) is 19.2. The summed E-state index contributed by atoms with van der Waals surface area (Å²) in [5, 5.41) is 3.61. The Hall–Kier alpha value is -7.30. The summed E-state index contributed by atoms with van der Waals surface area (Å²) in [5.41, 5.74) is 16.9. The highest BCUT2D eigenvalue weighted by Crippen LogP contribution is 2.63. The van der Waals surface area contributed by atoms with E-state index < -0.39 is 5.41 Å². The van der Waals surface area contributed by atoms with Gasteiger partial charge in [0.1, 0.15) is 5.84 Å². The zero-order valence-electron chi connectivity index (χ0n) is 30.5. The molecule has 0 saturated carbocycles. The number of nitrogens with zero attached hydrogens (tertiary/aromatic N) is 3. The summed E-state index contributed by atoms with van der Waals surface area (Å²) in [6.07, 6.45) is 4.16. The van der Waals surface area contributed by atoms with E-state index in [4.69, 9.17) is 9.98 Å². The fourth-order valence-electron chi connectivity index (χ4n) is 9.10. The van der Waals surface area contributed by atoms with Crippen molar-refractivity contribution in [2.24, 2.45) is 4.99 Å². The summed E-state index contributed by atoms with van der Waals surface area (Å²) in [5.74, 6) is 0.872. The number of para-hydroxylation sites is 3. The minimum Gasteiger partial charge on any atom is -0.340 e. The number of aromatic nitrogens is 1. The number of rotatable bonds is 5. The van der Waals surface area contributed by atoms with Crippen LogP contribution in [-0.4, -0.2) is 10.8 Å². The lowest BCUT2D eigenvalue weighted by Gasteiger charge is -2.45. The smallest absolute Gasteiger partial charge is 0.133 e. The number of aliphatic imine (C=N–C) groups is 1. The van der Waals surface area contributed by atoms with Crippen molar-refractivity contribution in [3.63, 3.8) is 0 Å². The Morgan fingerprint density at radius 2 is 1.07 bits per heavy atom. The maximum Gasteiger partial charge on any atom is 0.133 e. The van der Waals surface area contributed by atoms with Crippen LogP contribution >= 0.6 is 0 Å². The fraction of sp³-hybridized carbons (Fsp3) is 0.0385. The van der Waals surface area contributed by atoms with E-state index in [2.05, 4.69) is 204 Å². The molecule has 56 heavy (non-hydrogen) atoms. The monoisotopic (exact) mass is 716 g/mol. The normalized spacial score (nSPS) is 15.8. The molecule has 4 nitrogen and oxygen atoms in total. The first-order valence-electron chi connectivity index (χ1n) is 19.2. The van der Waals surface area contributed by atoms with Crippen LogP contribution in [0.3, 0.4) is 0 Å². The molecule has 11 rings (SSSR count). The van der Waals surface area contributed by atoms with Crippen LogP contribution in [0.15, 0.2) is 211 Å². The highest BCUT2D eigenvalue weighted by Gasteiger charge is 2.52. The van der Waals surface area contributed by atoms with Crippen molar-refractivity contribution in [2.45, 2.75) is 11.5 Å². The molecular formula is C52H36N4. The van der Waals surface area contributed by atoms with E-state index in [1.807, 2.05) is 12.3 Å². The average Bonchev–Trinajstić information content (AvgIpc) is 3.57. The van der Waals surface area contributed by atoms with Gasteiger partial charge in [-0.2, -0.15) is 0 Å². The maximum absolute atomic E-state index is 5.22. The molecule has 1 aliphatic carbocycles. The summed E-state index contributed by atoms with van der Waals surface area (Å²) >= 11 is 0. The lowest BCUT2D eigenvalue weighted by atomic mass is 9.64. The van der Waals surface area contributed by atoms with Crippen LogP contribution in [0.2, 0.25) is 0 Å². The van der Waals surface area contributed by atoms with Gasteiger partial charge < -0.3 is 10.2 Å². The van der Waals surface area contributed by atoms with E-state index >= 15 is 0 Å². The minimum atomic E-state index is -0.552. The average molecular weight is 717 g/mol. The molecule has 2 aliphatic heterocycles. The van der Waals surface area contributed by atoms with Gasteiger partial charge >= 0.3 is 0 Å². The molecule has 7 aromatic carbocycles. The van der Waals surface area contributed by atoms with Crippen LogP contribution in [0, 0.1) is 0 Å². The third-order valence-electron chi connectivity index (χ3n) is 11.6. The summed E-state index contributed by atoms with van der Waals surface area (Å²) in [6, 6.07) is 69.6. The largest absolute Gasteiger partial charge is 0.340 e. The highest BCUT2D eigenvalue weighted by molar-refractivity contribution is 6.05. The molecule has 0 saturated heterocycles. The van der Waals surface area contributed by atoms with E-state index in [0.717, 1.165) is 45.2 Å². The number of hydrogen-bond donors (Lipinski definition) is 1. The van der Waals surface area contributed by atoms with E-state index in [9.17, 15) is 0 Å². The predicted octanol–water partition coefficient (Wildman–Crippen LogP) is 12.0. The van der Waals surface area contributed by atoms with Crippen LogP contribution in [0.4, 0.5) is 17.1 Å². The van der Waals surface area contributed by atoms with Gasteiger partial charge in [-0.15, -0.1) is 0 Å². The number of pyridine rings is 1. The Bertz CT molecular complexity index is 2720. The summed E-state index contributed by atoms with van der Waals surface area (Å²) in [6.45, 7) is 0. The Morgan fingerprint density at radius 3 is 1.77 bits per heavy atom. The number of amidine groups is 1. The van der Waals surface area contributed by atoms with E-state index in [0.29, 0.717) is 0 Å². The van der Waals surface area contributed by atoms with Crippen molar-refractivity contribution in [3.8, 4) is 22.4 Å². The third kappa shape index (κ3) is 4.93. The van der Waals surface area contributed by atoms with Crippen molar-refractivity contribution in [1.82, 2.24) is 10.3 Å². The molecule has 0 fully saturated rings. The van der Waals surface area contributed by atoms with Crippen molar-refractivity contribution in [2.75, 3.05) is 4.90 Å². The minimum absolute atomic E-state index is 0.137. The van der Waals surface area contributed by atoms with Crippen molar-refractivity contribution < 1.29 is 0 Å². The molecule has 0 radical (unpaired) electrons. The van der Waals surface area contributed by atoms with Gasteiger partial charge in [0.05, 0.1) is 28.5 Å².